The van der Waals surface area contributed by atoms with Crippen LogP contribution >= 0.6 is 0 Å². The summed E-state index contributed by atoms with van der Waals surface area (Å²) in [6.07, 6.45) is 1.59. The highest BCUT2D eigenvalue weighted by Crippen LogP contribution is 2.22. The first kappa shape index (κ1) is 22.1. The molecule has 0 aliphatic rings. The van der Waals surface area contributed by atoms with Crippen LogP contribution < -0.4 is 10.6 Å². The van der Waals surface area contributed by atoms with Gasteiger partial charge in [0, 0.05) is 17.8 Å². The summed E-state index contributed by atoms with van der Waals surface area (Å²) >= 11 is 0. The first-order valence-corrected chi connectivity index (χ1v) is 9.86. The van der Waals surface area contributed by atoms with Gasteiger partial charge < -0.3 is 15.4 Å². The van der Waals surface area contributed by atoms with Gasteiger partial charge in [-0.05, 0) is 42.5 Å². The Kier molecular flexibility index (Phi) is 8.40. The Bertz CT molecular complexity index is 855. The van der Waals surface area contributed by atoms with Gasteiger partial charge in [0.25, 0.3) is 11.8 Å². The number of nitrogens with one attached hydrogen (secondary N) is 2. The third-order valence-electron chi connectivity index (χ3n) is 4.63. The number of esters is 1. The quantitative estimate of drug-likeness (QED) is 0.636. The highest BCUT2D eigenvalue weighted by atomic mass is 16.5. The van der Waals surface area contributed by atoms with Crippen LogP contribution in [0.2, 0.25) is 0 Å². The third kappa shape index (κ3) is 6.45. The monoisotopic (exact) mass is 396 g/mol. The fraction of sp³-hybridized carbons (Fsp3) is 0.348. The van der Waals surface area contributed by atoms with E-state index in [1.165, 1.54) is 0 Å². The van der Waals surface area contributed by atoms with E-state index in [0.717, 1.165) is 35.2 Å². The summed E-state index contributed by atoms with van der Waals surface area (Å²) < 4.78 is 5.03. The lowest BCUT2D eigenvalue weighted by Gasteiger charge is -2.14. The van der Waals surface area contributed by atoms with Crippen molar-refractivity contribution in [1.82, 2.24) is 5.32 Å². The van der Waals surface area contributed by atoms with Crippen LogP contribution in [-0.4, -0.2) is 30.9 Å². The summed E-state index contributed by atoms with van der Waals surface area (Å²) in [4.78, 5) is 36.2. The highest BCUT2D eigenvalue weighted by Gasteiger charge is 2.13. The second-order valence-corrected chi connectivity index (χ2v) is 6.69. The van der Waals surface area contributed by atoms with Crippen LogP contribution in [0.3, 0.4) is 0 Å². The number of hydrogen-bond acceptors (Lipinski definition) is 4. The zero-order valence-electron chi connectivity index (χ0n) is 17.2. The fourth-order valence-electron chi connectivity index (χ4n) is 3.00. The number of rotatable bonds is 9. The zero-order valence-corrected chi connectivity index (χ0v) is 17.2. The molecule has 2 amide bonds. The van der Waals surface area contributed by atoms with E-state index in [9.17, 15) is 14.4 Å². The normalized spacial score (nSPS) is 10.3. The number of amides is 2. The number of carbonyl (C=O) groups excluding carboxylic acids is 3. The van der Waals surface area contributed by atoms with Crippen molar-refractivity contribution in [2.24, 2.45) is 0 Å². The van der Waals surface area contributed by atoms with Crippen molar-refractivity contribution in [3.05, 3.63) is 64.7 Å². The second kappa shape index (κ2) is 11.0. The van der Waals surface area contributed by atoms with Crippen molar-refractivity contribution in [3.8, 4) is 0 Å². The van der Waals surface area contributed by atoms with Crippen LogP contribution in [0.4, 0.5) is 5.69 Å². The van der Waals surface area contributed by atoms with Crippen LogP contribution in [-0.2, 0) is 27.2 Å². The number of hydrogen-bond donors (Lipinski definition) is 2. The molecule has 0 heterocycles. The fourth-order valence-corrected chi connectivity index (χ4v) is 3.00. The van der Waals surface area contributed by atoms with Gasteiger partial charge in [0.05, 0.1) is 6.42 Å². The van der Waals surface area contributed by atoms with Crippen molar-refractivity contribution < 1.29 is 19.1 Å². The Balaban J connectivity index is 1.77. The molecule has 0 fully saturated rings. The third-order valence-corrected chi connectivity index (χ3v) is 4.63. The number of benzene rings is 2. The van der Waals surface area contributed by atoms with E-state index in [1.807, 2.05) is 51.1 Å². The van der Waals surface area contributed by atoms with Crippen LogP contribution in [0.25, 0.3) is 0 Å². The molecule has 6 heteroatoms. The Morgan fingerprint density at radius 3 is 2.21 bits per heavy atom. The number of anilines is 1. The van der Waals surface area contributed by atoms with Crippen molar-refractivity contribution in [2.75, 3.05) is 18.5 Å². The van der Waals surface area contributed by atoms with Crippen molar-refractivity contribution in [2.45, 2.75) is 40.0 Å². The standard InChI is InChI=1S/C23H28N2O4/c1-4-17-10-8-11-18(5-2)22(17)25-20(26)15-29-21(27)13-14-24-23(28)19-12-7-6-9-16(19)3/h6-12H,4-5,13-15H2,1-3H3,(H,24,28)(H,25,26). The Labute approximate surface area is 171 Å². The maximum absolute atomic E-state index is 12.2. The van der Waals surface area contributed by atoms with E-state index in [2.05, 4.69) is 10.6 Å². The molecule has 0 spiro atoms. The average Bonchev–Trinajstić information content (AvgIpc) is 2.72. The zero-order chi connectivity index (χ0) is 21.2. The summed E-state index contributed by atoms with van der Waals surface area (Å²) in [6, 6.07) is 13.1. The Morgan fingerprint density at radius 1 is 0.931 bits per heavy atom. The van der Waals surface area contributed by atoms with Crippen LogP contribution in [0.15, 0.2) is 42.5 Å². The lowest BCUT2D eigenvalue weighted by molar-refractivity contribution is -0.147. The predicted molar refractivity (Wildman–Crippen MR) is 113 cm³/mol. The first-order valence-electron chi connectivity index (χ1n) is 9.86. The second-order valence-electron chi connectivity index (χ2n) is 6.69. The van der Waals surface area contributed by atoms with Gasteiger partial charge in [0.1, 0.15) is 0 Å². The average molecular weight is 396 g/mol. The molecule has 2 aromatic rings. The van der Waals surface area contributed by atoms with Crippen LogP contribution in [0, 0.1) is 6.92 Å². The summed E-state index contributed by atoms with van der Waals surface area (Å²) in [5, 5.41) is 5.54. The minimum absolute atomic E-state index is 0.00332. The van der Waals surface area contributed by atoms with Gasteiger partial charge in [-0.15, -0.1) is 0 Å². The number of carbonyl (C=O) groups is 3. The van der Waals surface area contributed by atoms with E-state index in [1.54, 1.807) is 12.1 Å². The SMILES string of the molecule is CCc1cccc(CC)c1NC(=O)COC(=O)CCNC(=O)c1ccccc1C. The number of aryl methyl sites for hydroxylation is 3. The molecule has 0 saturated carbocycles. The molecular weight excluding hydrogens is 368 g/mol. The molecule has 0 radical (unpaired) electrons. The molecule has 2 rings (SSSR count). The highest BCUT2D eigenvalue weighted by molar-refractivity contribution is 5.96. The van der Waals surface area contributed by atoms with Gasteiger partial charge >= 0.3 is 5.97 Å². The van der Waals surface area contributed by atoms with Crippen molar-refractivity contribution >= 4 is 23.5 Å². The smallest absolute Gasteiger partial charge is 0.308 e. The van der Waals surface area contributed by atoms with Gasteiger partial charge in [-0.1, -0.05) is 50.2 Å². The summed E-state index contributed by atoms with van der Waals surface area (Å²) in [7, 11) is 0. The lowest BCUT2D eigenvalue weighted by Crippen LogP contribution is -2.28. The van der Waals surface area contributed by atoms with Gasteiger partial charge in [0.15, 0.2) is 6.61 Å². The van der Waals surface area contributed by atoms with Gasteiger partial charge in [-0.2, -0.15) is 0 Å². The maximum Gasteiger partial charge on any atom is 0.308 e. The predicted octanol–water partition coefficient (Wildman–Crippen LogP) is 3.42. The van der Waals surface area contributed by atoms with Crippen molar-refractivity contribution in [3.63, 3.8) is 0 Å². The Hall–Kier alpha value is -3.15. The van der Waals surface area contributed by atoms with Crippen LogP contribution in [0.1, 0.15) is 47.3 Å². The first-order chi connectivity index (χ1) is 14.0. The largest absolute Gasteiger partial charge is 0.456 e. The molecule has 2 aromatic carbocycles. The van der Waals surface area contributed by atoms with E-state index in [4.69, 9.17) is 4.74 Å². The van der Waals surface area contributed by atoms with Gasteiger partial charge in [0.2, 0.25) is 0 Å². The van der Waals surface area contributed by atoms with E-state index >= 15 is 0 Å². The summed E-state index contributed by atoms with van der Waals surface area (Å²) in [6.45, 7) is 5.69. The molecule has 0 aliphatic heterocycles. The molecule has 0 aliphatic carbocycles. The molecule has 154 valence electrons. The number of para-hydroxylation sites is 1. The molecule has 0 atom stereocenters. The van der Waals surface area contributed by atoms with E-state index in [0.29, 0.717) is 5.56 Å². The van der Waals surface area contributed by atoms with Gasteiger partial charge in [-0.3, -0.25) is 14.4 Å². The maximum atomic E-state index is 12.2. The van der Waals surface area contributed by atoms with Gasteiger partial charge in [-0.25, -0.2) is 0 Å². The molecular formula is C23H28N2O4. The molecule has 0 bridgehead atoms. The molecule has 0 unspecified atom stereocenters. The molecule has 6 nitrogen and oxygen atoms in total. The Morgan fingerprint density at radius 2 is 1.59 bits per heavy atom. The summed E-state index contributed by atoms with van der Waals surface area (Å²) in [5.41, 5.74) is 4.32. The van der Waals surface area contributed by atoms with Crippen LogP contribution in [0.5, 0.6) is 0 Å². The summed E-state index contributed by atoms with van der Waals surface area (Å²) in [5.74, 6) is -1.15. The minimum atomic E-state index is -0.537. The molecule has 29 heavy (non-hydrogen) atoms. The topological polar surface area (TPSA) is 84.5 Å². The lowest BCUT2D eigenvalue weighted by atomic mass is 10.0. The van der Waals surface area contributed by atoms with E-state index in [-0.39, 0.29) is 31.4 Å². The van der Waals surface area contributed by atoms with E-state index < -0.39 is 5.97 Å². The van der Waals surface area contributed by atoms with Crippen molar-refractivity contribution in [1.29, 1.82) is 0 Å². The molecule has 2 N–H and O–H groups in total. The number of ether oxygens (including phenoxy) is 1. The molecule has 0 saturated heterocycles. The molecule has 0 aromatic heterocycles. The minimum Gasteiger partial charge on any atom is -0.456 e.